The van der Waals surface area contributed by atoms with Crippen LogP contribution in [0.25, 0.3) is 0 Å². The molecule has 0 saturated carbocycles. The van der Waals surface area contributed by atoms with Gasteiger partial charge in [0.25, 0.3) is 5.69 Å². The molecule has 0 amide bonds. The molecule has 0 aliphatic carbocycles. The molecule has 0 unspecified atom stereocenters. The van der Waals surface area contributed by atoms with E-state index >= 15 is 0 Å². The van der Waals surface area contributed by atoms with Crippen molar-refractivity contribution in [1.29, 1.82) is 0 Å². The molecule has 0 atom stereocenters. The van der Waals surface area contributed by atoms with E-state index in [1.54, 1.807) is 12.1 Å². The maximum atomic E-state index is 11.0. The molecular formula is C11H13IN2O3. The van der Waals surface area contributed by atoms with Gasteiger partial charge in [-0.2, -0.15) is 0 Å². The molecule has 1 aliphatic rings. The van der Waals surface area contributed by atoms with E-state index in [9.17, 15) is 15.2 Å². The summed E-state index contributed by atoms with van der Waals surface area (Å²) in [4.78, 5) is 12.6. The van der Waals surface area contributed by atoms with Crippen molar-refractivity contribution in [3.63, 3.8) is 0 Å². The highest BCUT2D eigenvalue weighted by Crippen LogP contribution is 2.31. The molecule has 0 spiro atoms. The number of aliphatic hydroxyl groups excluding tert-OH is 1. The summed E-state index contributed by atoms with van der Waals surface area (Å²) in [5, 5.41) is 20.4. The molecule has 0 bridgehead atoms. The van der Waals surface area contributed by atoms with Crippen molar-refractivity contribution in [3.05, 3.63) is 31.9 Å². The summed E-state index contributed by atoms with van der Waals surface area (Å²) < 4.78 is 0.857. The van der Waals surface area contributed by atoms with E-state index in [0.29, 0.717) is 31.6 Å². The first-order valence-electron chi connectivity index (χ1n) is 5.45. The summed E-state index contributed by atoms with van der Waals surface area (Å²) in [5.74, 6) is 0. The molecular weight excluding hydrogens is 335 g/mol. The van der Waals surface area contributed by atoms with Crippen molar-refractivity contribution in [2.75, 3.05) is 18.0 Å². The van der Waals surface area contributed by atoms with Crippen molar-refractivity contribution >= 4 is 34.0 Å². The fourth-order valence-corrected chi connectivity index (χ4v) is 2.49. The minimum atomic E-state index is -0.345. The summed E-state index contributed by atoms with van der Waals surface area (Å²) in [6.45, 7) is 1.34. The van der Waals surface area contributed by atoms with Gasteiger partial charge in [-0.05, 0) is 47.6 Å². The van der Waals surface area contributed by atoms with E-state index in [1.165, 1.54) is 0 Å². The number of aliphatic hydroxyl groups is 1. The first-order chi connectivity index (χ1) is 8.08. The van der Waals surface area contributed by atoms with Crippen LogP contribution < -0.4 is 4.90 Å². The van der Waals surface area contributed by atoms with Crippen LogP contribution in [0.3, 0.4) is 0 Å². The van der Waals surface area contributed by atoms with E-state index in [-0.39, 0.29) is 16.7 Å². The molecule has 1 aliphatic heterocycles. The normalized spacial score (nSPS) is 17.2. The Morgan fingerprint density at radius 1 is 1.41 bits per heavy atom. The second kappa shape index (κ2) is 5.18. The van der Waals surface area contributed by atoms with Gasteiger partial charge < -0.3 is 10.0 Å². The maximum Gasteiger partial charge on any atom is 0.293 e. The van der Waals surface area contributed by atoms with Gasteiger partial charge in [0.05, 0.1) is 11.0 Å². The molecule has 1 saturated heterocycles. The Balaban J connectivity index is 2.28. The number of nitro benzene ring substituents is 1. The first kappa shape index (κ1) is 12.6. The highest BCUT2D eigenvalue weighted by molar-refractivity contribution is 14.1. The van der Waals surface area contributed by atoms with Crippen LogP contribution in [-0.2, 0) is 0 Å². The lowest BCUT2D eigenvalue weighted by atomic mass is 10.1. The van der Waals surface area contributed by atoms with Gasteiger partial charge in [0.1, 0.15) is 5.69 Å². The highest BCUT2D eigenvalue weighted by Gasteiger charge is 2.23. The molecule has 1 aromatic carbocycles. The van der Waals surface area contributed by atoms with Crippen molar-refractivity contribution in [1.82, 2.24) is 0 Å². The second-order valence-electron chi connectivity index (χ2n) is 4.11. The number of benzene rings is 1. The molecule has 1 heterocycles. The van der Waals surface area contributed by atoms with Crippen molar-refractivity contribution < 1.29 is 10.0 Å². The molecule has 1 N–H and O–H groups in total. The van der Waals surface area contributed by atoms with Gasteiger partial charge >= 0.3 is 0 Å². The number of nitrogens with zero attached hydrogens (tertiary/aromatic N) is 2. The number of nitro groups is 1. The van der Waals surface area contributed by atoms with E-state index in [4.69, 9.17) is 0 Å². The maximum absolute atomic E-state index is 11.0. The van der Waals surface area contributed by atoms with E-state index in [1.807, 2.05) is 11.0 Å². The number of piperidine rings is 1. The van der Waals surface area contributed by atoms with Crippen LogP contribution in [0.5, 0.6) is 0 Å². The van der Waals surface area contributed by atoms with Crippen molar-refractivity contribution in [2.45, 2.75) is 18.9 Å². The molecule has 17 heavy (non-hydrogen) atoms. The minimum absolute atomic E-state index is 0.147. The van der Waals surface area contributed by atoms with Gasteiger partial charge in [-0.1, -0.05) is 0 Å². The fourth-order valence-electron chi connectivity index (χ4n) is 2.02. The van der Waals surface area contributed by atoms with Gasteiger partial charge in [0.2, 0.25) is 0 Å². The summed E-state index contributed by atoms with van der Waals surface area (Å²) in [6, 6.07) is 5.24. The largest absolute Gasteiger partial charge is 0.393 e. The van der Waals surface area contributed by atoms with Gasteiger partial charge in [-0.25, -0.2) is 0 Å². The average molecular weight is 348 g/mol. The summed E-state index contributed by atoms with van der Waals surface area (Å²) >= 11 is 2.07. The molecule has 0 radical (unpaired) electrons. The number of anilines is 1. The quantitative estimate of drug-likeness (QED) is 0.505. The molecule has 92 valence electrons. The summed E-state index contributed by atoms with van der Waals surface area (Å²) in [5.41, 5.74) is 0.801. The average Bonchev–Trinajstić information content (AvgIpc) is 2.30. The van der Waals surface area contributed by atoms with E-state index < -0.39 is 0 Å². The monoisotopic (exact) mass is 348 g/mol. The Morgan fingerprint density at radius 2 is 2.06 bits per heavy atom. The SMILES string of the molecule is O=[N+]([O-])c1cc(I)ccc1N1CCC(O)CC1. The van der Waals surface area contributed by atoms with Crippen LogP contribution >= 0.6 is 22.6 Å². The third-order valence-corrected chi connectivity index (χ3v) is 3.61. The van der Waals surface area contributed by atoms with Crippen molar-refractivity contribution in [2.24, 2.45) is 0 Å². The number of hydrogen-bond acceptors (Lipinski definition) is 4. The fraction of sp³-hybridized carbons (Fsp3) is 0.455. The van der Waals surface area contributed by atoms with Crippen LogP contribution in [0, 0.1) is 13.7 Å². The number of halogens is 1. The Kier molecular flexibility index (Phi) is 3.82. The highest BCUT2D eigenvalue weighted by atomic mass is 127. The minimum Gasteiger partial charge on any atom is -0.393 e. The zero-order chi connectivity index (χ0) is 12.4. The Morgan fingerprint density at radius 3 is 2.65 bits per heavy atom. The zero-order valence-corrected chi connectivity index (χ0v) is 11.3. The Hall–Kier alpha value is -0.890. The number of hydrogen-bond donors (Lipinski definition) is 1. The summed E-state index contributed by atoms with van der Waals surface area (Å²) in [7, 11) is 0. The van der Waals surface area contributed by atoms with E-state index in [2.05, 4.69) is 22.6 Å². The van der Waals surface area contributed by atoms with Crippen molar-refractivity contribution in [3.8, 4) is 0 Å². The first-order valence-corrected chi connectivity index (χ1v) is 6.53. The molecule has 6 heteroatoms. The lowest BCUT2D eigenvalue weighted by Gasteiger charge is -2.31. The number of rotatable bonds is 2. The van der Waals surface area contributed by atoms with E-state index in [0.717, 1.165) is 3.57 Å². The van der Waals surface area contributed by atoms with Gasteiger partial charge in [0.15, 0.2) is 0 Å². The Bertz CT molecular complexity index is 431. The third kappa shape index (κ3) is 2.86. The van der Waals surface area contributed by atoms with Crippen LogP contribution in [0.15, 0.2) is 18.2 Å². The van der Waals surface area contributed by atoms with Gasteiger partial charge in [0, 0.05) is 22.7 Å². The van der Waals surface area contributed by atoms with Gasteiger partial charge in [-0.3, -0.25) is 10.1 Å². The lowest BCUT2D eigenvalue weighted by molar-refractivity contribution is -0.384. The molecule has 1 fully saturated rings. The standard InChI is InChI=1S/C11H13IN2O3/c12-8-1-2-10(11(7-8)14(16)17)13-5-3-9(15)4-6-13/h1-2,7,9,15H,3-6H2. The summed E-state index contributed by atoms with van der Waals surface area (Å²) in [6.07, 6.45) is 1.07. The topological polar surface area (TPSA) is 66.6 Å². The molecule has 2 rings (SSSR count). The molecule has 0 aromatic heterocycles. The third-order valence-electron chi connectivity index (χ3n) is 2.94. The van der Waals surface area contributed by atoms with Gasteiger partial charge in [-0.15, -0.1) is 0 Å². The zero-order valence-electron chi connectivity index (χ0n) is 9.17. The van der Waals surface area contributed by atoms with Crippen LogP contribution in [-0.4, -0.2) is 29.2 Å². The van der Waals surface area contributed by atoms with Crippen LogP contribution in [0.1, 0.15) is 12.8 Å². The lowest BCUT2D eigenvalue weighted by Crippen LogP contribution is -2.36. The van der Waals surface area contributed by atoms with Crippen LogP contribution in [0.4, 0.5) is 11.4 Å². The predicted molar refractivity (Wildman–Crippen MR) is 73.3 cm³/mol. The second-order valence-corrected chi connectivity index (χ2v) is 5.35. The van der Waals surface area contributed by atoms with Crippen LogP contribution in [0.2, 0.25) is 0 Å². The Labute approximate surface area is 113 Å². The predicted octanol–water partition coefficient (Wildman–Crippen LogP) is 2.16. The smallest absolute Gasteiger partial charge is 0.293 e. The molecule has 1 aromatic rings. The molecule has 5 nitrogen and oxygen atoms in total.